The van der Waals surface area contributed by atoms with Gasteiger partial charge in [-0.2, -0.15) is 0 Å². The first-order valence-corrected chi connectivity index (χ1v) is 6.86. The molecule has 5 heteroatoms. The average Bonchev–Trinajstić information content (AvgIpc) is 2.43. The molecule has 0 aromatic heterocycles. The summed E-state index contributed by atoms with van der Waals surface area (Å²) in [6.45, 7) is 2.02. The van der Waals surface area contributed by atoms with Crippen LogP contribution in [0, 0.1) is 0 Å². The van der Waals surface area contributed by atoms with Crippen molar-refractivity contribution in [3.63, 3.8) is 0 Å². The first kappa shape index (κ1) is 16.4. The quantitative estimate of drug-likeness (QED) is 0.546. The zero-order valence-corrected chi connectivity index (χ0v) is 12.1. The molecule has 20 heavy (non-hydrogen) atoms. The topological polar surface area (TPSA) is 60.4 Å². The zero-order chi connectivity index (χ0) is 15.0. The molecular weight excluding hydrogens is 280 g/mol. The van der Waals surface area contributed by atoms with Crippen LogP contribution in [0.3, 0.4) is 0 Å². The molecule has 0 aliphatic heterocycles. The molecule has 0 atom stereocenters. The van der Waals surface area contributed by atoms with Gasteiger partial charge in [-0.3, -0.25) is 14.4 Å². The lowest BCUT2D eigenvalue weighted by Gasteiger charge is -2.02. The molecule has 1 aromatic carbocycles. The second-order valence-electron chi connectivity index (χ2n) is 4.27. The van der Waals surface area contributed by atoms with Crippen molar-refractivity contribution in [1.29, 1.82) is 0 Å². The SMILES string of the molecule is CCOC(=O)CCC(=O)CCC(=O)c1ccc(Cl)cc1. The van der Waals surface area contributed by atoms with Crippen LogP contribution in [-0.4, -0.2) is 24.1 Å². The first-order chi connectivity index (χ1) is 9.52. The van der Waals surface area contributed by atoms with E-state index in [2.05, 4.69) is 0 Å². The summed E-state index contributed by atoms with van der Waals surface area (Å²) in [6, 6.07) is 6.54. The van der Waals surface area contributed by atoms with Gasteiger partial charge in [-0.15, -0.1) is 0 Å². The smallest absolute Gasteiger partial charge is 0.306 e. The Balaban J connectivity index is 2.32. The fraction of sp³-hybridized carbons (Fsp3) is 0.400. The highest BCUT2D eigenvalue weighted by molar-refractivity contribution is 6.30. The van der Waals surface area contributed by atoms with Gasteiger partial charge in [0.2, 0.25) is 0 Å². The highest BCUT2D eigenvalue weighted by atomic mass is 35.5. The molecule has 0 spiro atoms. The van der Waals surface area contributed by atoms with Crippen molar-refractivity contribution in [3.05, 3.63) is 34.9 Å². The lowest BCUT2D eigenvalue weighted by Crippen LogP contribution is -2.09. The summed E-state index contributed by atoms with van der Waals surface area (Å²) in [4.78, 5) is 34.5. The monoisotopic (exact) mass is 296 g/mol. The highest BCUT2D eigenvalue weighted by Gasteiger charge is 2.11. The van der Waals surface area contributed by atoms with E-state index >= 15 is 0 Å². The number of carbonyl (C=O) groups excluding carboxylic acids is 3. The van der Waals surface area contributed by atoms with Crippen LogP contribution in [-0.2, 0) is 14.3 Å². The number of ether oxygens (including phenoxy) is 1. The van der Waals surface area contributed by atoms with E-state index in [1.807, 2.05) is 0 Å². The number of carbonyl (C=O) groups is 3. The Morgan fingerprint density at radius 2 is 1.60 bits per heavy atom. The molecule has 1 aromatic rings. The van der Waals surface area contributed by atoms with Crippen LogP contribution < -0.4 is 0 Å². The van der Waals surface area contributed by atoms with Gasteiger partial charge >= 0.3 is 5.97 Å². The minimum atomic E-state index is -0.384. The van der Waals surface area contributed by atoms with E-state index in [0.29, 0.717) is 17.2 Å². The van der Waals surface area contributed by atoms with Gasteiger partial charge in [0, 0.05) is 29.8 Å². The molecule has 0 aliphatic rings. The summed E-state index contributed by atoms with van der Waals surface area (Å²) in [6.07, 6.45) is 0.471. The predicted molar refractivity (Wildman–Crippen MR) is 75.9 cm³/mol. The third kappa shape index (κ3) is 5.97. The van der Waals surface area contributed by atoms with Crippen molar-refractivity contribution in [2.75, 3.05) is 6.61 Å². The van der Waals surface area contributed by atoms with Gasteiger partial charge in [-0.1, -0.05) is 11.6 Å². The van der Waals surface area contributed by atoms with Crippen LogP contribution >= 0.6 is 11.6 Å². The zero-order valence-electron chi connectivity index (χ0n) is 11.4. The van der Waals surface area contributed by atoms with Gasteiger partial charge in [0.1, 0.15) is 5.78 Å². The lowest BCUT2D eigenvalue weighted by atomic mass is 10.0. The molecular formula is C15H17ClO4. The maximum atomic E-state index is 11.8. The number of benzene rings is 1. The van der Waals surface area contributed by atoms with Crippen LogP contribution in [0.15, 0.2) is 24.3 Å². The molecule has 0 heterocycles. The van der Waals surface area contributed by atoms with Crippen molar-refractivity contribution in [2.45, 2.75) is 32.6 Å². The van der Waals surface area contributed by atoms with Gasteiger partial charge in [-0.05, 0) is 31.2 Å². The van der Waals surface area contributed by atoms with Crippen LogP contribution in [0.4, 0.5) is 0 Å². The molecule has 1 rings (SSSR count). The molecule has 108 valence electrons. The Kier molecular flexibility index (Phi) is 6.94. The van der Waals surface area contributed by atoms with E-state index in [0.717, 1.165) is 0 Å². The van der Waals surface area contributed by atoms with E-state index in [4.69, 9.17) is 16.3 Å². The Labute approximate surface area is 123 Å². The lowest BCUT2D eigenvalue weighted by molar-refractivity contribution is -0.144. The van der Waals surface area contributed by atoms with Crippen LogP contribution in [0.25, 0.3) is 0 Å². The molecule has 0 aliphatic carbocycles. The van der Waals surface area contributed by atoms with E-state index in [-0.39, 0.29) is 43.2 Å². The van der Waals surface area contributed by atoms with Gasteiger partial charge in [-0.25, -0.2) is 0 Å². The maximum absolute atomic E-state index is 11.8. The summed E-state index contributed by atoms with van der Waals surface area (Å²) in [7, 11) is 0. The van der Waals surface area contributed by atoms with Crippen LogP contribution in [0.1, 0.15) is 43.0 Å². The number of esters is 1. The Morgan fingerprint density at radius 1 is 1.00 bits per heavy atom. The van der Waals surface area contributed by atoms with Crippen molar-refractivity contribution in [3.8, 4) is 0 Å². The molecule has 0 amide bonds. The van der Waals surface area contributed by atoms with Crippen LogP contribution in [0.5, 0.6) is 0 Å². The molecule has 0 fully saturated rings. The second-order valence-corrected chi connectivity index (χ2v) is 4.71. The number of Topliss-reactive ketones (excluding diaryl/α,β-unsaturated/α-hetero) is 2. The summed E-state index contributed by atoms with van der Waals surface area (Å²) in [5, 5.41) is 0.562. The second kappa shape index (κ2) is 8.48. The highest BCUT2D eigenvalue weighted by Crippen LogP contribution is 2.12. The molecule has 0 saturated carbocycles. The third-order valence-electron chi connectivity index (χ3n) is 2.71. The van der Waals surface area contributed by atoms with Gasteiger partial charge in [0.05, 0.1) is 13.0 Å². The number of rotatable bonds is 8. The minimum Gasteiger partial charge on any atom is -0.466 e. The molecule has 0 N–H and O–H groups in total. The van der Waals surface area contributed by atoms with E-state index in [1.165, 1.54) is 0 Å². The normalized spacial score (nSPS) is 10.1. The number of ketones is 2. The fourth-order valence-electron chi connectivity index (χ4n) is 1.63. The van der Waals surface area contributed by atoms with Gasteiger partial charge in [0.25, 0.3) is 0 Å². The standard InChI is InChI=1S/C15H17ClO4/c1-2-20-15(19)10-8-13(17)7-9-14(18)11-3-5-12(16)6-4-11/h3-6H,2,7-10H2,1H3. The predicted octanol–water partition coefficient (Wildman–Crippen LogP) is 3.22. The largest absolute Gasteiger partial charge is 0.466 e. The molecule has 0 saturated heterocycles. The molecule has 0 unspecified atom stereocenters. The Bertz CT molecular complexity index is 479. The van der Waals surface area contributed by atoms with Crippen molar-refractivity contribution in [1.82, 2.24) is 0 Å². The number of halogens is 1. The third-order valence-corrected chi connectivity index (χ3v) is 2.96. The molecule has 4 nitrogen and oxygen atoms in total. The molecule has 0 bridgehead atoms. The van der Waals surface area contributed by atoms with Crippen molar-refractivity contribution < 1.29 is 19.1 Å². The Hall–Kier alpha value is -1.68. The van der Waals surface area contributed by atoms with Gasteiger partial charge < -0.3 is 4.74 Å². The molecule has 0 radical (unpaired) electrons. The fourth-order valence-corrected chi connectivity index (χ4v) is 1.76. The summed E-state index contributed by atoms with van der Waals surface area (Å²) < 4.78 is 4.73. The van der Waals surface area contributed by atoms with Gasteiger partial charge in [0.15, 0.2) is 5.78 Å². The van der Waals surface area contributed by atoms with E-state index in [9.17, 15) is 14.4 Å². The first-order valence-electron chi connectivity index (χ1n) is 6.49. The Morgan fingerprint density at radius 3 is 2.20 bits per heavy atom. The van der Waals surface area contributed by atoms with Crippen LogP contribution in [0.2, 0.25) is 5.02 Å². The maximum Gasteiger partial charge on any atom is 0.306 e. The van der Waals surface area contributed by atoms with Crippen molar-refractivity contribution >= 4 is 29.1 Å². The van der Waals surface area contributed by atoms with Crippen molar-refractivity contribution in [2.24, 2.45) is 0 Å². The number of hydrogen-bond donors (Lipinski definition) is 0. The number of hydrogen-bond acceptors (Lipinski definition) is 4. The van der Waals surface area contributed by atoms with E-state index < -0.39 is 0 Å². The summed E-state index contributed by atoms with van der Waals surface area (Å²) in [5.74, 6) is -0.601. The summed E-state index contributed by atoms with van der Waals surface area (Å²) in [5.41, 5.74) is 0.535. The van der Waals surface area contributed by atoms with E-state index in [1.54, 1.807) is 31.2 Å². The average molecular weight is 297 g/mol. The minimum absolute atomic E-state index is 0.0712. The summed E-state index contributed by atoms with van der Waals surface area (Å²) >= 11 is 5.73.